The van der Waals surface area contributed by atoms with Crippen molar-refractivity contribution in [3.8, 4) is 0 Å². The minimum Gasteiger partial charge on any atom is -0.333 e. The molecule has 2 amide bonds. The van der Waals surface area contributed by atoms with Gasteiger partial charge in [0.2, 0.25) is 0 Å². The summed E-state index contributed by atoms with van der Waals surface area (Å²) in [4.78, 5) is 14.5. The van der Waals surface area contributed by atoms with Gasteiger partial charge in [0, 0.05) is 9.75 Å². The highest BCUT2D eigenvalue weighted by Crippen LogP contribution is 2.21. The van der Waals surface area contributed by atoms with Crippen molar-refractivity contribution >= 4 is 17.4 Å². The maximum Gasteiger partial charge on any atom is 0.315 e. The van der Waals surface area contributed by atoms with Crippen LogP contribution in [0.1, 0.15) is 35.2 Å². The summed E-state index contributed by atoms with van der Waals surface area (Å²) < 4.78 is 0. The zero-order valence-electron chi connectivity index (χ0n) is 12.7. The van der Waals surface area contributed by atoms with Gasteiger partial charge in [-0.15, -0.1) is 11.3 Å². The molecule has 2 rings (SSSR count). The molecular formula is C17H22N2OS. The molecule has 1 aromatic heterocycles. The number of thiophene rings is 1. The van der Waals surface area contributed by atoms with Gasteiger partial charge in [-0.3, -0.25) is 0 Å². The zero-order chi connectivity index (χ0) is 15.2. The number of carbonyl (C=O) groups excluding carboxylic acids is 1. The van der Waals surface area contributed by atoms with Crippen molar-refractivity contribution < 1.29 is 4.79 Å². The van der Waals surface area contributed by atoms with Crippen LogP contribution in [0.4, 0.5) is 4.79 Å². The summed E-state index contributed by atoms with van der Waals surface area (Å²) in [6.45, 7) is 6.86. The number of carbonyl (C=O) groups is 1. The fourth-order valence-corrected chi connectivity index (χ4v) is 3.07. The number of hydrogen-bond donors (Lipinski definition) is 2. The van der Waals surface area contributed by atoms with E-state index in [9.17, 15) is 4.79 Å². The highest BCUT2D eigenvalue weighted by atomic mass is 32.1. The summed E-state index contributed by atoms with van der Waals surface area (Å²) in [5, 5.41) is 5.99. The molecule has 0 saturated carbocycles. The summed E-state index contributed by atoms with van der Waals surface area (Å²) >= 11 is 1.71. The molecular weight excluding hydrogens is 280 g/mol. The number of hydrogen-bond acceptors (Lipinski definition) is 2. The minimum atomic E-state index is -0.122. The van der Waals surface area contributed by atoms with Gasteiger partial charge >= 0.3 is 6.03 Å². The summed E-state index contributed by atoms with van der Waals surface area (Å²) in [6, 6.07) is 14.1. The molecule has 0 spiro atoms. The molecule has 3 nitrogen and oxygen atoms in total. The van der Waals surface area contributed by atoms with Gasteiger partial charge in [0.25, 0.3) is 0 Å². The van der Waals surface area contributed by atoms with Crippen LogP contribution >= 0.6 is 11.3 Å². The molecule has 0 aliphatic carbocycles. The Morgan fingerprint density at radius 3 is 2.43 bits per heavy atom. The second kappa shape index (κ2) is 7.27. The van der Waals surface area contributed by atoms with Crippen molar-refractivity contribution in [2.75, 3.05) is 0 Å². The predicted octanol–water partition coefficient (Wildman–Crippen LogP) is 4.25. The first-order chi connectivity index (χ1) is 10.1. The number of urea groups is 1. The van der Waals surface area contributed by atoms with Crippen molar-refractivity contribution in [3.05, 3.63) is 57.8 Å². The number of benzene rings is 1. The van der Waals surface area contributed by atoms with Gasteiger partial charge in [-0.05, 0) is 30.5 Å². The SMILES string of the molecule is Cc1ccc(CNC(=O)NC(c2ccccc2)C(C)C)s1. The molecule has 0 aliphatic heterocycles. The van der Waals surface area contributed by atoms with Gasteiger partial charge in [-0.1, -0.05) is 44.2 Å². The number of aryl methyl sites for hydroxylation is 1. The fourth-order valence-electron chi connectivity index (χ4n) is 2.24. The Kier molecular flexibility index (Phi) is 5.39. The molecule has 1 atom stereocenters. The second-order valence-electron chi connectivity index (χ2n) is 5.47. The highest BCUT2D eigenvalue weighted by molar-refractivity contribution is 7.11. The summed E-state index contributed by atoms with van der Waals surface area (Å²) in [5.74, 6) is 0.335. The first-order valence-corrected chi connectivity index (χ1v) is 8.02. The topological polar surface area (TPSA) is 41.1 Å². The van der Waals surface area contributed by atoms with E-state index in [1.54, 1.807) is 11.3 Å². The van der Waals surface area contributed by atoms with Crippen LogP contribution in [0, 0.1) is 12.8 Å². The largest absolute Gasteiger partial charge is 0.333 e. The second-order valence-corrected chi connectivity index (χ2v) is 6.84. The van der Waals surface area contributed by atoms with E-state index in [4.69, 9.17) is 0 Å². The molecule has 112 valence electrons. The zero-order valence-corrected chi connectivity index (χ0v) is 13.5. The van der Waals surface area contributed by atoms with E-state index >= 15 is 0 Å². The fraction of sp³-hybridized carbons (Fsp3) is 0.353. The van der Waals surface area contributed by atoms with Gasteiger partial charge in [0.05, 0.1) is 12.6 Å². The average molecular weight is 302 g/mol. The van der Waals surface area contributed by atoms with Crippen molar-refractivity contribution in [2.45, 2.75) is 33.4 Å². The summed E-state index contributed by atoms with van der Waals surface area (Å²) in [6.07, 6.45) is 0. The van der Waals surface area contributed by atoms with E-state index in [2.05, 4.69) is 43.5 Å². The summed E-state index contributed by atoms with van der Waals surface area (Å²) in [5.41, 5.74) is 1.13. The van der Waals surface area contributed by atoms with Crippen molar-refractivity contribution in [1.29, 1.82) is 0 Å². The van der Waals surface area contributed by atoms with Gasteiger partial charge in [-0.2, -0.15) is 0 Å². The number of amides is 2. The van der Waals surface area contributed by atoms with E-state index in [0.29, 0.717) is 12.5 Å². The third kappa shape index (κ3) is 4.60. The lowest BCUT2D eigenvalue weighted by atomic mass is 9.96. The normalized spacial score (nSPS) is 12.2. The Hall–Kier alpha value is -1.81. The Morgan fingerprint density at radius 1 is 1.14 bits per heavy atom. The first kappa shape index (κ1) is 15.6. The van der Waals surface area contributed by atoms with Crippen molar-refractivity contribution in [2.24, 2.45) is 5.92 Å². The first-order valence-electron chi connectivity index (χ1n) is 7.21. The van der Waals surface area contributed by atoms with Gasteiger partial charge in [0.1, 0.15) is 0 Å². The molecule has 4 heteroatoms. The van der Waals surface area contributed by atoms with Crippen molar-refractivity contribution in [1.82, 2.24) is 10.6 Å². The van der Waals surface area contributed by atoms with Crippen LogP contribution < -0.4 is 10.6 Å². The van der Waals surface area contributed by atoms with Crippen molar-refractivity contribution in [3.63, 3.8) is 0 Å². The molecule has 0 radical (unpaired) electrons. The van der Waals surface area contributed by atoms with Gasteiger partial charge in [0.15, 0.2) is 0 Å². The third-order valence-corrected chi connectivity index (χ3v) is 4.33. The molecule has 0 fully saturated rings. The molecule has 2 aromatic rings. The van der Waals surface area contributed by atoms with Gasteiger partial charge in [-0.25, -0.2) is 4.79 Å². The molecule has 0 saturated heterocycles. The Bertz CT molecular complexity index is 577. The van der Waals surface area contributed by atoms with Crippen LogP contribution in [-0.2, 0) is 6.54 Å². The maximum absolute atomic E-state index is 12.1. The quantitative estimate of drug-likeness (QED) is 0.851. The van der Waals surface area contributed by atoms with Crippen LogP contribution in [-0.4, -0.2) is 6.03 Å². The smallest absolute Gasteiger partial charge is 0.315 e. The molecule has 1 heterocycles. The Morgan fingerprint density at radius 2 is 1.86 bits per heavy atom. The van der Waals surface area contributed by atoms with Crippen LogP contribution in [0.5, 0.6) is 0 Å². The molecule has 2 N–H and O–H groups in total. The van der Waals surface area contributed by atoms with E-state index in [0.717, 1.165) is 5.56 Å². The molecule has 0 bridgehead atoms. The predicted molar refractivity (Wildman–Crippen MR) is 88.4 cm³/mol. The molecule has 1 unspecified atom stereocenters. The minimum absolute atomic E-state index is 0.0243. The lowest BCUT2D eigenvalue weighted by Gasteiger charge is -2.23. The lowest BCUT2D eigenvalue weighted by Crippen LogP contribution is -2.39. The standard InChI is InChI=1S/C17H22N2OS/c1-12(2)16(14-7-5-4-6-8-14)19-17(20)18-11-15-10-9-13(3)21-15/h4-10,12,16H,11H2,1-3H3,(H2,18,19,20). The maximum atomic E-state index is 12.1. The average Bonchev–Trinajstić information content (AvgIpc) is 2.89. The molecule has 21 heavy (non-hydrogen) atoms. The van der Waals surface area contributed by atoms with Crippen LogP contribution in [0.2, 0.25) is 0 Å². The summed E-state index contributed by atoms with van der Waals surface area (Å²) in [7, 11) is 0. The highest BCUT2D eigenvalue weighted by Gasteiger charge is 2.17. The van der Waals surface area contributed by atoms with E-state index in [-0.39, 0.29) is 12.1 Å². The monoisotopic (exact) mass is 302 g/mol. The van der Waals surface area contributed by atoms with E-state index < -0.39 is 0 Å². The van der Waals surface area contributed by atoms with Crippen LogP contribution in [0.25, 0.3) is 0 Å². The Balaban J connectivity index is 1.93. The molecule has 0 aliphatic rings. The Labute approximate surface area is 130 Å². The van der Waals surface area contributed by atoms with Crippen LogP contribution in [0.3, 0.4) is 0 Å². The van der Waals surface area contributed by atoms with Gasteiger partial charge < -0.3 is 10.6 Å². The third-order valence-electron chi connectivity index (χ3n) is 3.33. The van der Waals surface area contributed by atoms with E-state index in [1.807, 2.05) is 30.3 Å². The molecule has 1 aromatic carbocycles. The van der Waals surface area contributed by atoms with E-state index in [1.165, 1.54) is 9.75 Å². The lowest BCUT2D eigenvalue weighted by molar-refractivity contribution is 0.233. The number of rotatable bonds is 5. The number of nitrogens with one attached hydrogen (secondary N) is 2. The van der Waals surface area contributed by atoms with Crippen LogP contribution in [0.15, 0.2) is 42.5 Å².